The average Bonchev–Trinajstić information content (AvgIpc) is 2.59. The Kier molecular flexibility index (Phi) is 10.7. The highest BCUT2D eigenvalue weighted by molar-refractivity contribution is 5.23. The minimum absolute atomic E-state index is 0.802. The molecule has 1 aliphatic rings. The fourth-order valence-electron chi connectivity index (χ4n) is 2.94. The highest BCUT2D eigenvalue weighted by atomic mass is 15.5. The molecule has 0 saturated carbocycles. The predicted octanol–water partition coefficient (Wildman–Crippen LogP) is 2.55. The van der Waals surface area contributed by atoms with Crippen LogP contribution in [-0.4, -0.2) is 67.3 Å². The first kappa shape index (κ1) is 21.9. The van der Waals surface area contributed by atoms with Crippen molar-refractivity contribution in [2.45, 2.75) is 40.5 Å². The van der Waals surface area contributed by atoms with Crippen LogP contribution < -0.4 is 11.2 Å². The monoisotopic (exact) mass is 349 g/mol. The summed E-state index contributed by atoms with van der Waals surface area (Å²) < 4.78 is 0. The van der Waals surface area contributed by atoms with E-state index in [1.54, 1.807) is 0 Å². The Morgan fingerprint density at radius 1 is 1.16 bits per heavy atom. The second kappa shape index (κ2) is 12.3. The molecule has 0 aliphatic heterocycles. The van der Waals surface area contributed by atoms with Crippen molar-refractivity contribution in [1.29, 1.82) is 0 Å². The van der Waals surface area contributed by atoms with Crippen LogP contribution in [0.2, 0.25) is 0 Å². The molecule has 3 N–H and O–H groups in total. The van der Waals surface area contributed by atoms with E-state index in [1.165, 1.54) is 24.0 Å². The standard InChI is InChI=1S/C20H39N5/c1-6-23(17-25(21)15-14-24(7-2)18(3)4)13-12-22-16-20-10-8-19(5)9-11-20/h8,10,22H,3,6-7,9,11-17,21H2,1-2,4-5H3. The zero-order valence-electron chi connectivity index (χ0n) is 16.9. The van der Waals surface area contributed by atoms with Crippen molar-refractivity contribution in [3.05, 3.63) is 35.6 Å². The summed E-state index contributed by atoms with van der Waals surface area (Å²) in [5.41, 5.74) is 4.10. The van der Waals surface area contributed by atoms with Crippen LogP contribution in [0.15, 0.2) is 35.6 Å². The van der Waals surface area contributed by atoms with Gasteiger partial charge in [0.25, 0.3) is 0 Å². The van der Waals surface area contributed by atoms with Crippen molar-refractivity contribution in [2.75, 3.05) is 52.5 Å². The van der Waals surface area contributed by atoms with Crippen LogP contribution in [0.4, 0.5) is 0 Å². The lowest BCUT2D eigenvalue weighted by atomic mass is 10.00. The SMILES string of the molecule is C=C(C)N(CC)CCN(N)CN(CC)CCNCC1=CC=C(C)CC1. The summed E-state index contributed by atoms with van der Waals surface area (Å²) in [6, 6.07) is 0. The molecule has 0 radical (unpaired) electrons. The highest BCUT2D eigenvalue weighted by Crippen LogP contribution is 2.16. The minimum Gasteiger partial charge on any atom is -0.374 e. The molecule has 1 rings (SSSR count). The molecule has 0 saturated heterocycles. The van der Waals surface area contributed by atoms with Gasteiger partial charge in [0.1, 0.15) is 0 Å². The van der Waals surface area contributed by atoms with Gasteiger partial charge in [-0.2, -0.15) is 0 Å². The Morgan fingerprint density at radius 2 is 1.92 bits per heavy atom. The first-order valence-electron chi connectivity index (χ1n) is 9.64. The van der Waals surface area contributed by atoms with Crippen molar-refractivity contribution in [3.63, 3.8) is 0 Å². The van der Waals surface area contributed by atoms with Gasteiger partial charge in [0.05, 0.1) is 6.67 Å². The lowest BCUT2D eigenvalue weighted by Gasteiger charge is -2.29. The van der Waals surface area contributed by atoms with E-state index in [-0.39, 0.29) is 0 Å². The third-order valence-electron chi connectivity index (χ3n) is 4.81. The zero-order valence-corrected chi connectivity index (χ0v) is 16.9. The van der Waals surface area contributed by atoms with E-state index in [4.69, 9.17) is 5.84 Å². The maximum Gasteiger partial charge on any atom is 0.0644 e. The van der Waals surface area contributed by atoms with Gasteiger partial charge >= 0.3 is 0 Å². The second-order valence-corrected chi connectivity index (χ2v) is 6.99. The van der Waals surface area contributed by atoms with Gasteiger partial charge in [-0.15, -0.1) is 0 Å². The largest absolute Gasteiger partial charge is 0.374 e. The molecule has 0 spiro atoms. The van der Waals surface area contributed by atoms with Crippen LogP contribution in [0.1, 0.15) is 40.5 Å². The Hall–Kier alpha value is -1.14. The van der Waals surface area contributed by atoms with E-state index >= 15 is 0 Å². The number of likely N-dealkylation sites (N-methyl/N-ethyl adjacent to an activating group) is 2. The average molecular weight is 350 g/mol. The molecule has 0 fully saturated rings. The maximum absolute atomic E-state index is 6.19. The Balaban J connectivity index is 2.21. The first-order valence-corrected chi connectivity index (χ1v) is 9.64. The molecule has 0 aromatic carbocycles. The van der Waals surface area contributed by atoms with Crippen molar-refractivity contribution >= 4 is 0 Å². The number of rotatable bonds is 13. The third kappa shape index (κ3) is 9.21. The van der Waals surface area contributed by atoms with E-state index < -0.39 is 0 Å². The zero-order chi connectivity index (χ0) is 18.7. The molecule has 144 valence electrons. The van der Waals surface area contributed by atoms with Crippen molar-refractivity contribution < 1.29 is 0 Å². The van der Waals surface area contributed by atoms with Crippen LogP contribution in [0.5, 0.6) is 0 Å². The number of nitrogens with zero attached hydrogens (tertiary/aromatic N) is 3. The molecule has 0 amide bonds. The number of allylic oxidation sites excluding steroid dienone is 4. The molecule has 5 nitrogen and oxygen atoms in total. The smallest absolute Gasteiger partial charge is 0.0644 e. The molecule has 0 aromatic heterocycles. The molecular weight excluding hydrogens is 310 g/mol. The van der Waals surface area contributed by atoms with Gasteiger partial charge in [0, 0.05) is 45.0 Å². The number of hydrogen-bond donors (Lipinski definition) is 2. The predicted molar refractivity (Wildman–Crippen MR) is 109 cm³/mol. The Labute approximate surface area is 155 Å². The lowest BCUT2D eigenvalue weighted by Crippen LogP contribution is -2.47. The maximum atomic E-state index is 6.19. The van der Waals surface area contributed by atoms with Gasteiger partial charge in [-0.1, -0.05) is 36.8 Å². The lowest BCUT2D eigenvalue weighted by molar-refractivity contribution is 0.128. The summed E-state index contributed by atoms with van der Waals surface area (Å²) in [6.07, 6.45) is 6.91. The van der Waals surface area contributed by atoms with Crippen LogP contribution in [0, 0.1) is 0 Å². The number of nitrogens with two attached hydrogens (primary N) is 1. The summed E-state index contributed by atoms with van der Waals surface area (Å²) in [7, 11) is 0. The van der Waals surface area contributed by atoms with Crippen molar-refractivity contribution in [1.82, 2.24) is 20.1 Å². The van der Waals surface area contributed by atoms with Crippen LogP contribution >= 0.6 is 0 Å². The van der Waals surface area contributed by atoms with Gasteiger partial charge in [-0.3, -0.25) is 10.7 Å². The second-order valence-electron chi connectivity index (χ2n) is 6.99. The van der Waals surface area contributed by atoms with Gasteiger partial charge in [-0.25, -0.2) is 5.01 Å². The quantitative estimate of drug-likeness (QED) is 0.232. The molecule has 0 heterocycles. The molecule has 0 atom stereocenters. The highest BCUT2D eigenvalue weighted by Gasteiger charge is 2.09. The van der Waals surface area contributed by atoms with Crippen molar-refractivity contribution in [3.8, 4) is 0 Å². The molecule has 0 bridgehead atoms. The molecule has 0 unspecified atom stereocenters. The van der Waals surface area contributed by atoms with Crippen LogP contribution in [0.25, 0.3) is 0 Å². The van der Waals surface area contributed by atoms with Crippen LogP contribution in [-0.2, 0) is 0 Å². The Morgan fingerprint density at radius 3 is 2.48 bits per heavy atom. The summed E-state index contributed by atoms with van der Waals surface area (Å²) >= 11 is 0. The van der Waals surface area contributed by atoms with Gasteiger partial charge in [0.2, 0.25) is 0 Å². The molecule has 5 heteroatoms. The minimum atomic E-state index is 0.802. The normalized spacial score (nSPS) is 14.7. The summed E-state index contributed by atoms with van der Waals surface area (Å²) in [5.74, 6) is 6.19. The summed E-state index contributed by atoms with van der Waals surface area (Å²) in [5, 5.41) is 5.47. The summed E-state index contributed by atoms with van der Waals surface area (Å²) in [6.45, 7) is 20.2. The fraction of sp³-hybridized carbons (Fsp3) is 0.700. The van der Waals surface area contributed by atoms with Gasteiger partial charge in [-0.05, 0) is 40.2 Å². The summed E-state index contributed by atoms with van der Waals surface area (Å²) in [4.78, 5) is 4.63. The number of nitrogens with one attached hydrogen (secondary N) is 1. The van der Waals surface area contributed by atoms with E-state index in [9.17, 15) is 0 Å². The van der Waals surface area contributed by atoms with E-state index in [0.29, 0.717) is 0 Å². The number of hydrazine groups is 1. The van der Waals surface area contributed by atoms with Crippen molar-refractivity contribution in [2.24, 2.45) is 5.84 Å². The number of hydrogen-bond acceptors (Lipinski definition) is 5. The van der Waals surface area contributed by atoms with E-state index in [2.05, 4.69) is 54.6 Å². The van der Waals surface area contributed by atoms with Crippen LogP contribution in [0.3, 0.4) is 0 Å². The molecule has 0 aromatic rings. The van der Waals surface area contributed by atoms with E-state index in [1.807, 2.05) is 11.9 Å². The molecular formula is C20H39N5. The Bertz CT molecular complexity index is 455. The van der Waals surface area contributed by atoms with Gasteiger partial charge < -0.3 is 10.2 Å². The topological polar surface area (TPSA) is 47.8 Å². The molecule has 25 heavy (non-hydrogen) atoms. The molecule has 1 aliphatic carbocycles. The van der Waals surface area contributed by atoms with E-state index in [0.717, 1.165) is 58.2 Å². The van der Waals surface area contributed by atoms with Gasteiger partial charge in [0.15, 0.2) is 0 Å². The fourth-order valence-corrected chi connectivity index (χ4v) is 2.94. The first-order chi connectivity index (χ1) is 12.0. The third-order valence-corrected chi connectivity index (χ3v) is 4.81.